The van der Waals surface area contributed by atoms with Crippen molar-refractivity contribution in [3.05, 3.63) is 29.3 Å². The van der Waals surface area contributed by atoms with Crippen molar-refractivity contribution in [3.8, 4) is 11.8 Å². The molecule has 0 aliphatic heterocycles. The van der Waals surface area contributed by atoms with Crippen molar-refractivity contribution in [1.82, 2.24) is 0 Å². The van der Waals surface area contributed by atoms with Gasteiger partial charge in [0, 0.05) is 12.0 Å². The number of rotatable bonds is 4. The molecule has 1 atom stereocenters. The number of aliphatic hydroxyl groups is 1. The van der Waals surface area contributed by atoms with Crippen molar-refractivity contribution < 1.29 is 9.90 Å². The summed E-state index contributed by atoms with van der Waals surface area (Å²) >= 11 is 0. The molecule has 0 aliphatic carbocycles. The Hall–Kier alpha value is -1.79. The summed E-state index contributed by atoms with van der Waals surface area (Å²) in [5.74, 6) is 5.83. The summed E-state index contributed by atoms with van der Waals surface area (Å²) < 4.78 is 0. The number of benzene rings is 1. The minimum Gasteiger partial charge on any atom is -0.384 e. The zero-order valence-electron chi connectivity index (χ0n) is 11.8. The van der Waals surface area contributed by atoms with Crippen molar-refractivity contribution >= 4 is 11.6 Å². The zero-order valence-corrected chi connectivity index (χ0v) is 11.8. The number of anilines is 1. The fourth-order valence-electron chi connectivity index (χ4n) is 1.67. The highest BCUT2D eigenvalue weighted by Gasteiger charge is 2.09. The van der Waals surface area contributed by atoms with E-state index in [2.05, 4.69) is 31.0 Å². The average Bonchev–Trinajstić information content (AvgIpc) is 2.37. The number of aliphatic hydroxyl groups excluding tert-OH is 1. The van der Waals surface area contributed by atoms with Crippen LogP contribution in [0.1, 0.15) is 37.8 Å². The molecule has 3 nitrogen and oxygen atoms in total. The topological polar surface area (TPSA) is 49.3 Å². The summed E-state index contributed by atoms with van der Waals surface area (Å²) in [6, 6.07) is 5.69. The van der Waals surface area contributed by atoms with Gasteiger partial charge >= 0.3 is 0 Å². The van der Waals surface area contributed by atoms with Crippen LogP contribution in [0.2, 0.25) is 0 Å². The molecule has 1 amide bonds. The highest BCUT2D eigenvalue weighted by Crippen LogP contribution is 2.18. The van der Waals surface area contributed by atoms with E-state index in [1.807, 2.05) is 25.1 Å². The fraction of sp³-hybridized carbons (Fsp3) is 0.438. The van der Waals surface area contributed by atoms with Gasteiger partial charge in [-0.25, -0.2) is 0 Å². The fourth-order valence-corrected chi connectivity index (χ4v) is 1.67. The highest BCUT2D eigenvalue weighted by atomic mass is 16.2. The van der Waals surface area contributed by atoms with Crippen LogP contribution in [0.15, 0.2) is 18.2 Å². The molecule has 1 rings (SSSR count). The molecular weight excluding hydrogens is 238 g/mol. The minimum atomic E-state index is -0.186. The predicted octanol–water partition coefficient (Wildman–Crippen LogP) is 2.71. The van der Waals surface area contributed by atoms with Crippen molar-refractivity contribution in [2.24, 2.45) is 5.92 Å². The second-order valence-electron chi connectivity index (χ2n) is 4.77. The van der Waals surface area contributed by atoms with Crippen LogP contribution in [-0.4, -0.2) is 17.6 Å². The van der Waals surface area contributed by atoms with Gasteiger partial charge in [-0.2, -0.15) is 0 Å². The molecule has 0 heterocycles. The first-order chi connectivity index (χ1) is 9.06. The molecule has 0 bridgehead atoms. The lowest BCUT2D eigenvalue weighted by atomic mass is 10.0. The molecule has 0 fully saturated rings. The molecule has 1 unspecified atom stereocenters. The summed E-state index contributed by atoms with van der Waals surface area (Å²) in [5.41, 5.74) is 2.51. The van der Waals surface area contributed by atoms with Crippen LogP contribution in [0.3, 0.4) is 0 Å². The monoisotopic (exact) mass is 259 g/mol. The minimum absolute atomic E-state index is 0.00648. The van der Waals surface area contributed by atoms with Crippen molar-refractivity contribution in [3.63, 3.8) is 0 Å². The maximum atomic E-state index is 11.9. The highest BCUT2D eigenvalue weighted by molar-refractivity contribution is 5.92. The second kappa shape index (κ2) is 7.60. The van der Waals surface area contributed by atoms with Gasteiger partial charge in [0.1, 0.15) is 6.61 Å². The van der Waals surface area contributed by atoms with Crippen LogP contribution in [0.25, 0.3) is 0 Å². The Balaban J connectivity index is 2.86. The van der Waals surface area contributed by atoms with Gasteiger partial charge in [0.25, 0.3) is 0 Å². The number of carbonyl (C=O) groups excluding carboxylic acids is 1. The van der Waals surface area contributed by atoms with E-state index in [9.17, 15) is 4.79 Å². The predicted molar refractivity (Wildman–Crippen MR) is 77.8 cm³/mol. The third-order valence-corrected chi connectivity index (χ3v) is 2.98. The number of hydrogen-bond donors (Lipinski definition) is 2. The van der Waals surface area contributed by atoms with E-state index >= 15 is 0 Å². The van der Waals surface area contributed by atoms with Crippen LogP contribution < -0.4 is 5.32 Å². The van der Waals surface area contributed by atoms with Gasteiger partial charge in [0.15, 0.2) is 0 Å². The van der Waals surface area contributed by atoms with Crippen molar-refractivity contribution in [2.75, 3.05) is 11.9 Å². The second-order valence-corrected chi connectivity index (χ2v) is 4.77. The molecule has 0 radical (unpaired) electrons. The average molecular weight is 259 g/mol. The standard InChI is InChI=1S/C16H21NO2/c1-4-12(2)11-16(19)17-15-10-13(3)7-8-14(15)6-5-9-18/h7-8,10,12,18H,4,9,11H2,1-3H3,(H,17,19). The van der Waals surface area contributed by atoms with Gasteiger partial charge in [-0.05, 0) is 30.5 Å². The third kappa shape index (κ3) is 5.15. The summed E-state index contributed by atoms with van der Waals surface area (Å²) in [6.07, 6.45) is 1.50. The van der Waals surface area contributed by atoms with Gasteiger partial charge in [0.2, 0.25) is 5.91 Å². The van der Waals surface area contributed by atoms with Gasteiger partial charge in [-0.3, -0.25) is 4.79 Å². The van der Waals surface area contributed by atoms with Crippen LogP contribution >= 0.6 is 0 Å². The van der Waals surface area contributed by atoms with E-state index < -0.39 is 0 Å². The molecule has 1 aromatic rings. The van der Waals surface area contributed by atoms with Crippen LogP contribution in [-0.2, 0) is 4.79 Å². The molecule has 0 aromatic heterocycles. The number of hydrogen-bond acceptors (Lipinski definition) is 2. The molecule has 0 spiro atoms. The maximum Gasteiger partial charge on any atom is 0.224 e. The van der Waals surface area contributed by atoms with Crippen molar-refractivity contribution in [2.45, 2.75) is 33.6 Å². The van der Waals surface area contributed by atoms with Gasteiger partial charge in [0.05, 0.1) is 5.69 Å². The summed E-state index contributed by atoms with van der Waals surface area (Å²) in [7, 11) is 0. The van der Waals surface area contributed by atoms with E-state index in [-0.39, 0.29) is 12.5 Å². The zero-order chi connectivity index (χ0) is 14.3. The first-order valence-corrected chi connectivity index (χ1v) is 6.57. The Labute approximate surface area is 115 Å². The molecule has 2 N–H and O–H groups in total. The molecule has 0 saturated heterocycles. The number of aryl methyl sites for hydroxylation is 1. The van der Waals surface area contributed by atoms with E-state index in [4.69, 9.17) is 5.11 Å². The SMILES string of the molecule is CCC(C)CC(=O)Nc1cc(C)ccc1C#CCO. The first-order valence-electron chi connectivity index (χ1n) is 6.57. The molecule has 102 valence electrons. The maximum absolute atomic E-state index is 11.9. The molecule has 3 heteroatoms. The number of carbonyl (C=O) groups is 1. The number of amides is 1. The van der Waals surface area contributed by atoms with Crippen molar-refractivity contribution in [1.29, 1.82) is 0 Å². The molecule has 0 saturated carbocycles. The van der Waals surface area contributed by atoms with Crippen LogP contribution in [0.4, 0.5) is 5.69 Å². The van der Waals surface area contributed by atoms with E-state index in [0.29, 0.717) is 18.0 Å². The Morgan fingerprint density at radius 2 is 2.21 bits per heavy atom. The van der Waals surface area contributed by atoms with E-state index in [1.165, 1.54) is 0 Å². The van der Waals surface area contributed by atoms with Gasteiger partial charge in [-0.15, -0.1) is 0 Å². The molecule has 1 aromatic carbocycles. The Morgan fingerprint density at radius 1 is 1.47 bits per heavy atom. The van der Waals surface area contributed by atoms with Crippen LogP contribution in [0.5, 0.6) is 0 Å². The summed E-state index contributed by atoms with van der Waals surface area (Å²) in [6.45, 7) is 5.91. The lowest BCUT2D eigenvalue weighted by molar-refractivity contribution is -0.117. The Morgan fingerprint density at radius 3 is 2.84 bits per heavy atom. The smallest absolute Gasteiger partial charge is 0.224 e. The molecule has 0 aliphatic rings. The third-order valence-electron chi connectivity index (χ3n) is 2.98. The number of nitrogens with one attached hydrogen (secondary N) is 1. The lowest BCUT2D eigenvalue weighted by Gasteiger charge is -2.11. The quantitative estimate of drug-likeness (QED) is 0.817. The van der Waals surface area contributed by atoms with Gasteiger partial charge in [-0.1, -0.05) is 38.2 Å². The normalized spacial score (nSPS) is 11.4. The molecule has 19 heavy (non-hydrogen) atoms. The summed E-state index contributed by atoms with van der Waals surface area (Å²) in [4.78, 5) is 11.9. The van der Waals surface area contributed by atoms with Gasteiger partial charge < -0.3 is 10.4 Å². The summed E-state index contributed by atoms with van der Waals surface area (Å²) in [5, 5.41) is 11.6. The Kier molecular flexibility index (Phi) is 6.11. The van der Waals surface area contributed by atoms with E-state index in [1.54, 1.807) is 0 Å². The van der Waals surface area contributed by atoms with Crippen LogP contribution in [0, 0.1) is 24.7 Å². The lowest BCUT2D eigenvalue weighted by Crippen LogP contribution is -2.15. The largest absolute Gasteiger partial charge is 0.384 e. The molecular formula is C16H21NO2. The Bertz CT molecular complexity index is 497. The first kappa shape index (κ1) is 15.3. The van der Waals surface area contributed by atoms with E-state index in [0.717, 1.165) is 17.5 Å².